The first kappa shape index (κ1) is 19.5. The van der Waals surface area contributed by atoms with Crippen molar-refractivity contribution in [2.45, 2.75) is 31.1 Å². The van der Waals surface area contributed by atoms with E-state index < -0.39 is 10.0 Å². The molecule has 0 atom stereocenters. The highest BCUT2D eigenvalue weighted by atomic mass is 32.2. The highest BCUT2D eigenvalue weighted by Crippen LogP contribution is 2.18. The number of rotatable bonds is 8. The molecule has 0 bridgehead atoms. The van der Waals surface area contributed by atoms with Crippen LogP contribution in [-0.2, 0) is 10.0 Å². The van der Waals surface area contributed by atoms with Crippen LogP contribution in [0.4, 0.5) is 5.69 Å². The summed E-state index contributed by atoms with van der Waals surface area (Å²) in [5.74, 6) is -0.301. The van der Waals surface area contributed by atoms with Gasteiger partial charge in [0.1, 0.15) is 0 Å². The van der Waals surface area contributed by atoms with Crippen molar-refractivity contribution >= 4 is 21.6 Å². The molecule has 0 saturated carbocycles. The molecule has 0 aliphatic rings. The number of amides is 1. The van der Waals surface area contributed by atoms with Gasteiger partial charge in [-0.3, -0.25) is 9.52 Å². The Hall–Kier alpha value is -2.85. The Morgan fingerprint density at radius 3 is 2.62 bits per heavy atom. The number of anilines is 1. The second-order valence-corrected chi connectivity index (χ2v) is 7.47. The first-order chi connectivity index (χ1) is 12.5. The summed E-state index contributed by atoms with van der Waals surface area (Å²) in [5.41, 5.74) is 0.930. The first-order valence-electron chi connectivity index (χ1n) is 8.37. The van der Waals surface area contributed by atoms with Crippen molar-refractivity contribution in [2.24, 2.45) is 0 Å². The third-order valence-electron chi connectivity index (χ3n) is 3.72. The van der Waals surface area contributed by atoms with E-state index in [0.717, 1.165) is 19.3 Å². The summed E-state index contributed by atoms with van der Waals surface area (Å²) in [6.07, 6.45) is 2.97. The van der Waals surface area contributed by atoms with Crippen LogP contribution in [0, 0.1) is 11.3 Å². The lowest BCUT2D eigenvalue weighted by atomic mass is 10.2. The molecule has 2 rings (SSSR count). The van der Waals surface area contributed by atoms with Gasteiger partial charge in [0.05, 0.1) is 22.2 Å². The van der Waals surface area contributed by atoms with Crippen molar-refractivity contribution in [3.63, 3.8) is 0 Å². The average Bonchev–Trinajstić information content (AvgIpc) is 2.65. The maximum Gasteiger partial charge on any atom is 0.261 e. The van der Waals surface area contributed by atoms with Gasteiger partial charge in [0.25, 0.3) is 15.9 Å². The van der Waals surface area contributed by atoms with Crippen LogP contribution in [0.2, 0.25) is 0 Å². The second kappa shape index (κ2) is 9.02. The van der Waals surface area contributed by atoms with Gasteiger partial charge in [-0.1, -0.05) is 31.9 Å². The van der Waals surface area contributed by atoms with Crippen molar-refractivity contribution in [3.05, 3.63) is 59.7 Å². The summed E-state index contributed by atoms with van der Waals surface area (Å²) >= 11 is 0. The van der Waals surface area contributed by atoms with Gasteiger partial charge in [-0.2, -0.15) is 5.26 Å². The first-order valence-corrected chi connectivity index (χ1v) is 9.86. The summed E-state index contributed by atoms with van der Waals surface area (Å²) in [7, 11) is -3.86. The summed E-state index contributed by atoms with van der Waals surface area (Å²) in [4.78, 5) is 12.2. The lowest BCUT2D eigenvalue weighted by Gasteiger charge is -2.10. The fourth-order valence-corrected chi connectivity index (χ4v) is 3.44. The predicted octanol–water partition coefficient (Wildman–Crippen LogP) is 3.28. The Labute approximate surface area is 153 Å². The minimum atomic E-state index is -3.86. The number of hydrogen-bond donors (Lipinski definition) is 2. The highest BCUT2D eigenvalue weighted by molar-refractivity contribution is 7.92. The number of carbonyl (C=O) groups is 1. The van der Waals surface area contributed by atoms with Gasteiger partial charge < -0.3 is 5.32 Å². The molecule has 0 aliphatic carbocycles. The van der Waals surface area contributed by atoms with E-state index in [0.29, 0.717) is 17.8 Å². The van der Waals surface area contributed by atoms with Gasteiger partial charge in [-0.25, -0.2) is 8.42 Å². The number of carbonyl (C=O) groups excluding carboxylic acids is 1. The molecule has 0 unspecified atom stereocenters. The van der Waals surface area contributed by atoms with E-state index in [2.05, 4.69) is 17.0 Å². The zero-order valence-electron chi connectivity index (χ0n) is 14.5. The normalized spacial score (nSPS) is 10.8. The van der Waals surface area contributed by atoms with Gasteiger partial charge in [-0.05, 0) is 42.8 Å². The van der Waals surface area contributed by atoms with Crippen molar-refractivity contribution in [3.8, 4) is 6.07 Å². The standard InChI is InChI=1S/C19H21N3O3S/c1-2-3-4-11-21-19(23)16-8-6-10-18(13-16)26(24,25)22-17-9-5-7-15(12-17)14-20/h5-10,12-13,22H,2-4,11H2,1H3,(H,21,23). The summed E-state index contributed by atoms with van der Waals surface area (Å²) < 4.78 is 27.5. The number of sulfonamides is 1. The Bertz CT molecular complexity index is 918. The maximum atomic E-state index is 12.5. The van der Waals surface area contributed by atoms with Crippen molar-refractivity contribution in [2.75, 3.05) is 11.3 Å². The maximum absolute atomic E-state index is 12.5. The number of hydrogen-bond acceptors (Lipinski definition) is 4. The smallest absolute Gasteiger partial charge is 0.261 e. The number of benzene rings is 2. The van der Waals surface area contributed by atoms with Gasteiger partial charge in [0.2, 0.25) is 0 Å². The van der Waals surface area contributed by atoms with Crippen LogP contribution in [0.15, 0.2) is 53.4 Å². The molecule has 0 radical (unpaired) electrons. The fourth-order valence-electron chi connectivity index (χ4n) is 2.35. The average molecular weight is 371 g/mol. The Morgan fingerprint density at radius 1 is 1.12 bits per heavy atom. The number of nitrogens with one attached hydrogen (secondary N) is 2. The van der Waals surface area contributed by atoms with E-state index in [1.165, 1.54) is 24.3 Å². The third-order valence-corrected chi connectivity index (χ3v) is 5.10. The molecule has 6 nitrogen and oxygen atoms in total. The molecule has 0 aliphatic heterocycles. The lowest BCUT2D eigenvalue weighted by molar-refractivity contribution is 0.0952. The van der Waals surface area contributed by atoms with Crippen LogP contribution < -0.4 is 10.0 Å². The fraction of sp³-hybridized carbons (Fsp3) is 0.263. The number of nitrogens with zero attached hydrogens (tertiary/aromatic N) is 1. The number of unbranched alkanes of at least 4 members (excludes halogenated alkanes) is 2. The van der Waals surface area contributed by atoms with E-state index in [9.17, 15) is 13.2 Å². The number of nitriles is 1. The van der Waals surface area contributed by atoms with Crippen LogP contribution in [0.5, 0.6) is 0 Å². The molecular formula is C19H21N3O3S. The largest absolute Gasteiger partial charge is 0.352 e. The van der Waals surface area contributed by atoms with Gasteiger partial charge >= 0.3 is 0 Å². The molecular weight excluding hydrogens is 350 g/mol. The minimum Gasteiger partial charge on any atom is -0.352 e. The SMILES string of the molecule is CCCCCNC(=O)c1cccc(S(=O)(=O)Nc2cccc(C#N)c2)c1. The summed E-state index contributed by atoms with van der Waals surface area (Å²) in [6, 6.07) is 14.0. The monoisotopic (exact) mass is 371 g/mol. The molecule has 2 N–H and O–H groups in total. The van der Waals surface area contributed by atoms with E-state index in [1.807, 2.05) is 6.07 Å². The Kier molecular flexibility index (Phi) is 6.75. The minimum absolute atomic E-state index is 0.0129. The molecule has 0 heterocycles. The molecule has 136 valence electrons. The van der Waals surface area contributed by atoms with Gasteiger partial charge in [0.15, 0.2) is 0 Å². The molecule has 2 aromatic carbocycles. The molecule has 1 amide bonds. The molecule has 7 heteroatoms. The molecule has 2 aromatic rings. The summed E-state index contributed by atoms with van der Waals surface area (Å²) in [5, 5.41) is 11.7. The van der Waals surface area contributed by atoms with E-state index >= 15 is 0 Å². The van der Waals surface area contributed by atoms with Crippen LogP contribution in [0.25, 0.3) is 0 Å². The van der Waals surface area contributed by atoms with Crippen LogP contribution >= 0.6 is 0 Å². The quantitative estimate of drug-likeness (QED) is 0.696. The van der Waals surface area contributed by atoms with Crippen LogP contribution in [0.3, 0.4) is 0 Å². The highest BCUT2D eigenvalue weighted by Gasteiger charge is 2.16. The zero-order chi connectivity index (χ0) is 19.0. The zero-order valence-corrected chi connectivity index (χ0v) is 15.3. The predicted molar refractivity (Wildman–Crippen MR) is 100 cm³/mol. The van der Waals surface area contributed by atoms with E-state index in [-0.39, 0.29) is 16.4 Å². The summed E-state index contributed by atoms with van der Waals surface area (Å²) in [6.45, 7) is 2.64. The topological polar surface area (TPSA) is 99.1 Å². The van der Waals surface area contributed by atoms with Crippen molar-refractivity contribution in [1.29, 1.82) is 5.26 Å². The lowest BCUT2D eigenvalue weighted by Crippen LogP contribution is -2.24. The van der Waals surface area contributed by atoms with Gasteiger partial charge in [0, 0.05) is 12.1 Å². The van der Waals surface area contributed by atoms with Crippen molar-refractivity contribution < 1.29 is 13.2 Å². The Balaban J connectivity index is 2.14. The second-order valence-electron chi connectivity index (χ2n) is 5.79. The molecule has 0 saturated heterocycles. The molecule has 0 fully saturated rings. The molecule has 0 aromatic heterocycles. The van der Waals surface area contributed by atoms with E-state index in [4.69, 9.17) is 5.26 Å². The van der Waals surface area contributed by atoms with Crippen LogP contribution in [0.1, 0.15) is 42.1 Å². The molecule has 0 spiro atoms. The Morgan fingerprint density at radius 2 is 1.88 bits per heavy atom. The van der Waals surface area contributed by atoms with Crippen LogP contribution in [-0.4, -0.2) is 20.9 Å². The van der Waals surface area contributed by atoms with Gasteiger partial charge in [-0.15, -0.1) is 0 Å². The third kappa shape index (κ3) is 5.33. The molecule has 26 heavy (non-hydrogen) atoms. The van der Waals surface area contributed by atoms with E-state index in [1.54, 1.807) is 24.3 Å². The van der Waals surface area contributed by atoms with Crippen molar-refractivity contribution in [1.82, 2.24) is 5.32 Å².